The van der Waals surface area contributed by atoms with E-state index in [1.54, 1.807) is 6.92 Å². The zero-order valence-corrected chi connectivity index (χ0v) is 16.4. The zero-order valence-electron chi connectivity index (χ0n) is 14.8. The lowest BCUT2D eigenvalue weighted by atomic mass is 9.93. The normalized spacial score (nSPS) is 16.6. The van der Waals surface area contributed by atoms with Crippen LogP contribution in [0.25, 0.3) is 0 Å². The predicted molar refractivity (Wildman–Crippen MR) is 101 cm³/mol. The Balaban J connectivity index is 1.81. The van der Waals surface area contributed by atoms with E-state index in [1.807, 2.05) is 0 Å². The summed E-state index contributed by atoms with van der Waals surface area (Å²) in [6.45, 7) is 2.07. The minimum atomic E-state index is -0.385. The Kier molecular flexibility index (Phi) is 6.07. The van der Waals surface area contributed by atoms with Crippen molar-refractivity contribution in [2.45, 2.75) is 39.0 Å². The Morgan fingerprint density at radius 3 is 2.30 bits per heavy atom. The van der Waals surface area contributed by atoms with Gasteiger partial charge < -0.3 is 9.47 Å². The van der Waals surface area contributed by atoms with Crippen LogP contribution in [-0.2, 0) is 19.1 Å². The number of hydrogen-bond acceptors (Lipinski definition) is 5. The fourth-order valence-corrected chi connectivity index (χ4v) is 3.76. The highest BCUT2D eigenvalue weighted by Gasteiger charge is 2.40. The number of hydrogen-bond donors (Lipinski definition) is 0. The largest absolute Gasteiger partial charge is 0.491 e. The second kappa shape index (κ2) is 8.31. The molecule has 0 aromatic heterocycles. The molecule has 3 rings (SSSR count). The molecule has 0 unspecified atom stereocenters. The van der Waals surface area contributed by atoms with E-state index in [0.717, 1.165) is 17.7 Å². The first-order chi connectivity index (χ1) is 12.9. The average Bonchev–Trinajstić information content (AvgIpc) is 2.89. The number of anilines is 1. The molecule has 1 heterocycles. The minimum Gasteiger partial charge on any atom is -0.491 e. The van der Waals surface area contributed by atoms with Gasteiger partial charge in [-0.25, -0.2) is 4.90 Å². The van der Waals surface area contributed by atoms with Crippen molar-refractivity contribution in [3.63, 3.8) is 0 Å². The Bertz CT molecular complexity index is 806. The van der Waals surface area contributed by atoms with Crippen LogP contribution in [0.5, 0.6) is 5.75 Å². The highest BCUT2D eigenvalue weighted by Crippen LogP contribution is 2.41. The molecule has 0 fully saturated rings. The molecule has 1 aliphatic carbocycles. The summed E-state index contributed by atoms with van der Waals surface area (Å²) in [6.07, 6.45) is 3.04. The predicted octanol–water partition coefficient (Wildman–Crippen LogP) is 4.07. The van der Waals surface area contributed by atoms with Gasteiger partial charge in [0, 0.05) is 17.2 Å². The third-order valence-corrected chi connectivity index (χ3v) is 5.10. The summed E-state index contributed by atoms with van der Waals surface area (Å²) in [7, 11) is 0. The number of rotatable bonds is 6. The van der Waals surface area contributed by atoms with Crippen LogP contribution >= 0.6 is 23.2 Å². The first-order valence-electron chi connectivity index (χ1n) is 8.82. The number of amides is 2. The van der Waals surface area contributed by atoms with Crippen molar-refractivity contribution in [1.82, 2.24) is 0 Å². The SMILES string of the molecule is CCOC(=O)CCOc1cc(N2C(=O)C3=C(CCCC3)C2=O)c(Cl)cc1Cl. The third kappa shape index (κ3) is 3.96. The smallest absolute Gasteiger partial charge is 0.309 e. The molecule has 0 atom stereocenters. The Labute approximate surface area is 167 Å². The van der Waals surface area contributed by atoms with E-state index in [2.05, 4.69) is 0 Å². The topological polar surface area (TPSA) is 72.9 Å². The van der Waals surface area contributed by atoms with Crippen LogP contribution in [0.15, 0.2) is 23.3 Å². The van der Waals surface area contributed by atoms with Gasteiger partial charge in [0.15, 0.2) is 0 Å². The van der Waals surface area contributed by atoms with Crippen LogP contribution in [0, 0.1) is 0 Å². The lowest BCUT2D eigenvalue weighted by Gasteiger charge is -2.19. The molecule has 1 aromatic rings. The molecule has 0 N–H and O–H groups in total. The Morgan fingerprint density at radius 1 is 1.07 bits per heavy atom. The van der Waals surface area contributed by atoms with Crippen molar-refractivity contribution in [2.24, 2.45) is 0 Å². The molecule has 0 bridgehead atoms. The summed E-state index contributed by atoms with van der Waals surface area (Å²) in [4.78, 5) is 38.0. The van der Waals surface area contributed by atoms with Crippen LogP contribution < -0.4 is 9.64 Å². The standard InChI is InChI=1S/C19H19Cl2NO5/c1-2-26-17(23)7-8-27-16-10-15(13(20)9-14(16)21)22-18(24)11-5-3-4-6-12(11)19(22)25/h9-10H,2-8H2,1H3. The maximum Gasteiger partial charge on any atom is 0.309 e. The second-order valence-corrected chi connectivity index (χ2v) is 7.06. The van der Waals surface area contributed by atoms with E-state index in [4.69, 9.17) is 32.7 Å². The maximum atomic E-state index is 12.7. The number of nitrogens with zero attached hydrogens (tertiary/aromatic N) is 1. The van der Waals surface area contributed by atoms with Crippen molar-refractivity contribution >= 4 is 46.7 Å². The van der Waals surface area contributed by atoms with Gasteiger partial charge in [-0.3, -0.25) is 14.4 Å². The van der Waals surface area contributed by atoms with Gasteiger partial charge in [-0.1, -0.05) is 23.2 Å². The first kappa shape index (κ1) is 19.7. The van der Waals surface area contributed by atoms with Crippen LogP contribution in [-0.4, -0.2) is 31.0 Å². The fraction of sp³-hybridized carbons (Fsp3) is 0.421. The van der Waals surface area contributed by atoms with Crippen LogP contribution in [0.3, 0.4) is 0 Å². The number of halogens is 2. The molecular weight excluding hydrogens is 393 g/mol. The van der Waals surface area contributed by atoms with Crippen LogP contribution in [0.2, 0.25) is 10.0 Å². The van der Waals surface area contributed by atoms with Gasteiger partial charge in [-0.2, -0.15) is 0 Å². The first-order valence-corrected chi connectivity index (χ1v) is 9.58. The zero-order chi connectivity index (χ0) is 19.6. The number of carbonyl (C=O) groups excluding carboxylic acids is 3. The van der Waals surface area contributed by atoms with E-state index in [-0.39, 0.29) is 52.3 Å². The average molecular weight is 412 g/mol. The number of carbonyl (C=O) groups is 3. The summed E-state index contributed by atoms with van der Waals surface area (Å²) in [6, 6.07) is 2.89. The van der Waals surface area contributed by atoms with Gasteiger partial charge in [0.2, 0.25) is 0 Å². The molecule has 8 heteroatoms. The molecule has 6 nitrogen and oxygen atoms in total. The highest BCUT2D eigenvalue weighted by molar-refractivity contribution is 6.41. The molecule has 2 amide bonds. The van der Waals surface area contributed by atoms with Crippen LogP contribution in [0.1, 0.15) is 39.0 Å². The summed E-state index contributed by atoms with van der Waals surface area (Å²) in [5.41, 5.74) is 1.38. The van der Waals surface area contributed by atoms with E-state index in [9.17, 15) is 14.4 Å². The van der Waals surface area contributed by atoms with Gasteiger partial charge in [0.05, 0.1) is 35.4 Å². The van der Waals surface area contributed by atoms with Gasteiger partial charge in [-0.15, -0.1) is 0 Å². The second-order valence-electron chi connectivity index (χ2n) is 6.25. The highest BCUT2D eigenvalue weighted by atomic mass is 35.5. The third-order valence-electron chi connectivity index (χ3n) is 4.50. The fourth-order valence-electron chi connectivity index (χ4n) is 3.24. The maximum absolute atomic E-state index is 12.7. The molecule has 2 aliphatic rings. The van der Waals surface area contributed by atoms with E-state index < -0.39 is 0 Å². The van der Waals surface area contributed by atoms with Gasteiger partial charge >= 0.3 is 5.97 Å². The molecule has 144 valence electrons. The minimum absolute atomic E-state index is 0.0519. The lowest BCUT2D eigenvalue weighted by Crippen LogP contribution is -2.31. The van der Waals surface area contributed by atoms with Gasteiger partial charge in [-0.05, 0) is 38.7 Å². The van der Waals surface area contributed by atoms with Gasteiger partial charge in [0.25, 0.3) is 11.8 Å². The van der Waals surface area contributed by atoms with Gasteiger partial charge in [0.1, 0.15) is 5.75 Å². The summed E-state index contributed by atoms with van der Waals surface area (Å²) in [5, 5.41) is 0.406. The monoisotopic (exact) mass is 411 g/mol. The Morgan fingerprint density at radius 2 is 1.70 bits per heavy atom. The van der Waals surface area contributed by atoms with E-state index >= 15 is 0 Å². The Hall–Kier alpha value is -2.05. The summed E-state index contributed by atoms with van der Waals surface area (Å²) < 4.78 is 10.4. The number of benzene rings is 1. The number of esters is 1. The quantitative estimate of drug-likeness (QED) is 0.520. The molecule has 0 radical (unpaired) electrons. The van der Waals surface area contributed by atoms with Crippen molar-refractivity contribution in [2.75, 3.05) is 18.1 Å². The van der Waals surface area contributed by atoms with Crippen molar-refractivity contribution in [3.8, 4) is 5.75 Å². The van der Waals surface area contributed by atoms with E-state index in [1.165, 1.54) is 12.1 Å². The molecular formula is C19H19Cl2NO5. The number of imide groups is 1. The molecule has 1 aromatic carbocycles. The lowest BCUT2D eigenvalue weighted by molar-refractivity contribution is -0.143. The van der Waals surface area contributed by atoms with Crippen molar-refractivity contribution in [1.29, 1.82) is 0 Å². The van der Waals surface area contributed by atoms with Crippen molar-refractivity contribution in [3.05, 3.63) is 33.3 Å². The summed E-state index contributed by atoms with van der Waals surface area (Å²) in [5.74, 6) is -0.816. The molecule has 0 saturated carbocycles. The number of ether oxygens (including phenoxy) is 2. The molecule has 1 aliphatic heterocycles. The molecule has 0 saturated heterocycles. The van der Waals surface area contributed by atoms with Crippen LogP contribution in [0.4, 0.5) is 5.69 Å². The molecule has 0 spiro atoms. The summed E-state index contributed by atoms with van der Waals surface area (Å²) >= 11 is 12.4. The van der Waals surface area contributed by atoms with Crippen molar-refractivity contribution < 1.29 is 23.9 Å². The van der Waals surface area contributed by atoms with E-state index in [0.29, 0.717) is 30.6 Å². The molecule has 27 heavy (non-hydrogen) atoms.